The first kappa shape index (κ1) is 21.2. The maximum Gasteiger partial charge on any atom is 0.229 e. The summed E-state index contributed by atoms with van der Waals surface area (Å²) >= 11 is 0. The van der Waals surface area contributed by atoms with E-state index in [9.17, 15) is 4.79 Å². The third-order valence-corrected chi connectivity index (χ3v) is 6.93. The maximum absolute atomic E-state index is 14.0. The predicted molar refractivity (Wildman–Crippen MR) is 122 cm³/mol. The van der Waals surface area contributed by atoms with E-state index in [1.54, 1.807) is 0 Å². The topological polar surface area (TPSA) is 56.1 Å². The quantitative estimate of drug-likeness (QED) is 0.619. The van der Waals surface area contributed by atoms with Crippen LogP contribution in [0.25, 0.3) is 5.52 Å². The van der Waals surface area contributed by atoms with Crippen molar-refractivity contribution in [2.45, 2.75) is 25.7 Å². The summed E-state index contributed by atoms with van der Waals surface area (Å²) < 4.78 is 13.7. The van der Waals surface area contributed by atoms with Gasteiger partial charge in [-0.05, 0) is 43.4 Å². The van der Waals surface area contributed by atoms with Crippen LogP contribution in [0, 0.1) is 11.3 Å². The van der Waals surface area contributed by atoms with Gasteiger partial charge in [0.15, 0.2) is 0 Å². The fraction of sp³-hybridized carbons (Fsp3) is 0.462. The van der Waals surface area contributed by atoms with Crippen LogP contribution in [-0.4, -0.2) is 59.7 Å². The normalized spacial score (nSPS) is 21.4. The minimum absolute atomic E-state index is 0.226. The van der Waals surface area contributed by atoms with Crippen LogP contribution in [-0.2, 0) is 27.1 Å². The molecular formula is C26H31N3O3. The number of hydrogen-bond acceptors (Lipinski definition) is 4. The molecule has 4 heterocycles. The highest BCUT2D eigenvalue weighted by atomic mass is 16.5. The predicted octanol–water partition coefficient (Wildman–Crippen LogP) is 3.39. The Labute approximate surface area is 189 Å². The second kappa shape index (κ2) is 9.43. The zero-order valence-electron chi connectivity index (χ0n) is 18.5. The summed E-state index contributed by atoms with van der Waals surface area (Å²) in [4.78, 5) is 20.7. The molecule has 1 amide bonds. The van der Waals surface area contributed by atoms with Crippen LogP contribution in [0.1, 0.15) is 24.1 Å². The van der Waals surface area contributed by atoms with Crippen molar-refractivity contribution in [2.24, 2.45) is 11.3 Å². The Hall–Kier alpha value is -2.70. The first-order valence-electron chi connectivity index (χ1n) is 11.6. The molecule has 6 nitrogen and oxygen atoms in total. The number of ether oxygens (including phenoxy) is 2. The van der Waals surface area contributed by atoms with Gasteiger partial charge >= 0.3 is 0 Å². The van der Waals surface area contributed by atoms with Crippen LogP contribution >= 0.6 is 0 Å². The number of nitrogens with zero attached hydrogens (tertiary/aromatic N) is 3. The molecule has 0 radical (unpaired) electrons. The second-order valence-corrected chi connectivity index (χ2v) is 9.13. The Morgan fingerprint density at radius 2 is 1.88 bits per heavy atom. The number of fused-ring (bicyclic) bond motifs is 1. The van der Waals surface area contributed by atoms with Crippen molar-refractivity contribution in [3.8, 4) is 0 Å². The first-order valence-corrected chi connectivity index (χ1v) is 11.6. The molecule has 168 valence electrons. The second-order valence-electron chi connectivity index (χ2n) is 9.13. The van der Waals surface area contributed by atoms with E-state index in [4.69, 9.17) is 9.47 Å². The van der Waals surface area contributed by atoms with Gasteiger partial charge in [0, 0.05) is 50.8 Å². The van der Waals surface area contributed by atoms with Gasteiger partial charge in [0.1, 0.15) is 0 Å². The van der Waals surface area contributed by atoms with Crippen molar-refractivity contribution < 1.29 is 14.3 Å². The highest BCUT2D eigenvalue weighted by molar-refractivity contribution is 5.83. The van der Waals surface area contributed by atoms with Gasteiger partial charge in [0.25, 0.3) is 0 Å². The molecule has 5 rings (SSSR count). The minimum atomic E-state index is -0.395. The summed E-state index contributed by atoms with van der Waals surface area (Å²) in [5.41, 5.74) is 3.01. The van der Waals surface area contributed by atoms with E-state index in [0.29, 0.717) is 39.5 Å². The highest BCUT2D eigenvalue weighted by Crippen LogP contribution is 2.37. The Morgan fingerprint density at radius 1 is 1.03 bits per heavy atom. The molecule has 6 heteroatoms. The molecular weight excluding hydrogens is 402 g/mol. The Bertz CT molecular complexity index is 1040. The van der Waals surface area contributed by atoms with E-state index in [-0.39, 0.29) is 11.8 Å². The van der Waals surface area contributed by atoms with E-state index < -0.39 is 5.41 Å². The lowest BCUT2D eigenvalue weighted by Gasteiger charge is -2.40. The molecule has 1 aromatic carbocycles. The number of amides is 1. The molecule has 0 saturated carbocycles. The van der Waals surface area contributed by atoms with Crippen LogP contribution < -0.4 is 0 Å². The lowest BCUT2D eigenvalue weighted by Crippen LogP contribution is -2.50. The van der Waals surface area contributed by atoms with E-state index >= 15 is 0 Å². The van der Waals surface area contributed by atoms with Gasteiger partial charge in [0.2, 0.25) is 5.91 Å². The van der Waals surface area contributed by atoms with E-state index in [1.807, 2.05) is 30.7 Å². The van der Waals surface area contributed by atoms with Gasteiger partial charge in [-0.1, -0.05) is 30.3 Å². The molecule has 0 spiro atoms. The van der Waals surface area contributed by atoms with Crippen molar-refractivity contribution in [1.29, 1.82) is 0 Å². The standard InChI is InChI=1S/C26H31N3O3/c30-25(26(8-14-31-15-9-26)18-21-5-2-1-3-6-21)29-13-16-32-20-22(19-29)17-23-24-7-4-11-28(24)12-10-27-23/h1-7,10-12,22H,8-9,13-20H2/t22-/m1/s1. The Balaban J connectivity index is 1.35. The summed E-state index contributed by atoms with van der Waals surface area (Å²) in [6.07, 6.45) is 8.96. The molecule has 3 aromatic rings. The largest absolute Gasteiger partial charge is 0.381 e. The number of aromatic nitrogens is 2. The minimum Gasteiger partial charge on any atom is -0.381 e. The Kier molecular flexibility index (Phi) is 6.23. The summed E-state index contributed by atoms with van der Waals surface area (Å²) in [7, 11) is 0. The lowest BCUT2D eigenvalue weighted by atomic mass is 9.74. The first-order chi connectivity index (χ1) is 15.7. The third kappa shape index (κ3) is 4.43. The van der Waals surface area contributed by atoms with Crippen LogP contribution in [0.2, 0.25) is 0 Å². The monoisotopic (exact) mass is 433 g/mol. The summed E-state index contributed by atoms with van der Waals surface area (Å²) in [5.74, 6) is 0.484. The molecule has 1 atom stereocenters. The molecule has 2 aliphatic rings. The summed E-state index contributed by atoms with van der Waals surface area (Å²) in [6.45, 7) is 3.89. The maximum atomic E-state index is 14.0. The fourth-order valence-electron chi connectivity index (χ4n) is 5.20. The molecule has 2 aromatic heterocycles. The molecule has 32 heavy (non-hydrogen) atoms. The molecule has 0 unspecified atom stereocenters. The average Bonchev–Trinajstić information content (AvgIpc) is 3.20. The van der Waals surface area contributed by atoms with Crippen LogP contribution in [0.15, 0.2) is 61.1 Å². The van der Waals surface area contributed by atoms with Crippen molar-refractivity contribution in [2.75, 3.05) is 39.5 Å². The van der Waals surface area contributed by atoms with Gasteiger partial charge in [-0.25, -0.2) is 0 Å². The molecule has 2 saturated heterocycles. The average molecular weight is 434 g/mol. The number of carbonyl (C=O) groups is 1. The van der Waals surface area contributed by atoms with Crippen molar-refractivity contribution in [3.05, 3.63) is 72.3 Å². The number of benzene rings is 1. The van der Waals surface area contributed by atoms with Crippen LogP contribution in [0.4, 0.5) is 0 Å². The summed E-state index contributed by atoms with van der Waals surface area (Å²) in [6, 6.07) is 14.5. The molecule has 2 fully saturated rings. The van der Waals surface area contributed by atoms with Crippen molar-refractivity contribution in [3.63, 3.8) is 0 Å². The smallest absolute Gasteiger partial charge is 0.229 e. The molecule has 2 aliphatic heterocycles. The third-order valence-electron chi connectivity index (χ3n) is 6.93. The van der Waals surface area contributed by atoms with E-state index in [1.165, 1.54) is 5.56 Å². The van der Waals surface area contributed by atoms with Gasteiger partial charge in [-0.3, -0.25) is 9.78 Å². The van der Waals surface area contributed by atoms with Gasteiger partial charge in [0.05, 0.1) is 29.8 Å². The van der Waals surface area contributed by atoms with Crippen LogP contribution in [0.5, 0.6) is 0 Å². The van der Waals surface area contributed by atoms with Gasteiger partial charge in [-0.15, -0.1) is 0 Å². The van der Waals surface area contributed by atoms with E-state index in [0.717, 1.165) is 36.9 Å². The molecule has 0 aliphatic carbocycles. The lowest BCUT2D eigenvalue weighted by molar-refractivity contribution is -0.148. The number of carbonyl (C=O) groups excluding carboxylic acids is 1. The number of rotatable bonds is 5. The van der Waals surface area contributed by atoms with Gasteiger partial charge < -0.3 is 18.8 Å². The zero-order chi connectivity index (χ0) is 21.8. The Morgan fingerprint density at radius 3 is 2.72 bits per heavy atom. The zero-order valence-corrected chi connectivity index (χ0v) is 18.5. The fourth-order valence-corrected chi connectivity index (χ4v) is 5.20. The van der Waals surface area contributed by atoms with Crippen LogP contribution in [0.3, 0.4) is 0 Å². The molecule has 0 bridgehead atoms. The van der Waals surface area contributed by atoms with Crippen molar-refractivity contribution >= 4 is 11.4 Å². The number of hydrogen-bond donors (Lipinski definition) is 0. The van der Waals surface area contributed by atoms with Gasteiger partial charge in [-0.2, -0.15) is 0 Å². The molecule has 0 N–H and O–H groups in total. The summed E-state index contributed by atoms with van der Waals surface area (Å²) in [5, 5.41) is 0. The van der Waals surface area contributed by atoms with E-state index in [2.05, 4.69) is 44.6 Å². The SMILES string of the molecule is O=C(N1CCOC[C@H](Cc2nccn3cccc23)C1)C1(Cc2ccccc2)CCOCC1. The highest BCUT2D eigenvalue weighted by Gasteiger charge is 2.43. The van der Waals surface area contributed by atoms with Crippen molar-refractivity contribution in [1.82, 2.24) is 14.3 Å².